The Hall–Kier alpha value is -2.89. The third-order valence-corrected chi connectivity index (χ3v) is 5.55. The van der Waals surface area contributed by atoms with Gasteiger partial charge in [0.05, 0.1) is 5.71 Å². The highest BCUT2D eigenvalue weighted by atomic mass is 16.4. The smallest absolute Gasteiger partial charge is 0.287 e. The molecule has 2 N–H and O–H groups in total. The molecule has 0 saturated heterocycles. The molecule has 1 saturated carbocycles. The van der Waals surface area contributed by atoms with E-state index in [1.165, 1.54) is 0 Å². The van der Waals surface area contributed by atoms with Crippen molar-refractivity contribution < 1.29 is 14.0 Å². The lowest BCUT2D eigenvalue weighted by atomic mass is 9.93. The summed E-state index contributed by atoms with van der Waals surface area (Å²) in [5, 5.41) is 7.45. The van der Waals surface area contributed by atoms with Gasteiger partial charge in [-0.05, 0) is 44.7 Å². The van der Waals surface area contributed by atoms with Crippen LogP contribution in [0.25, 0.3) is 0 Å². The quantitative estimate of drug-likeness (QED) is 0.794. The molecule has 1 heterocycles. The van der Waals surface area contributed by atoms with Crippen LogP contribution >= 0.6 is 0 Å². The number of carbonyl (C=O) groups is 2. The average molecular weight is 379 g/mol. The highest BCUT2D eigenvalue weighted by Gasteiger charge is 2.29. The van der Waals surface area contributed by atoms with Crippen molar-refractivity contribution in [3.8, 4) is 0 Å². The lowest BCUT2D eigenvalue weighted by Crippen LogP contribution is -2.32. The van der Waals surface area contributed by atoms with Gasteiger partial charge in [0.2, 0.25) is 0 Å². The Morgan fingerprint density at radius 1 is 1.04 bits per heavy atom. The Morgan fingerprint density at radius 3 is 2.54 bits per heavy atom. The topological polar surface area (TPSA) is 83.7 Å². The van der Waals surface area contributed by atoms with Crippen LogP contribution in [0.3, 0.4) is 0 Å². The van der Waals surface area contributed by atoms with Crippen molar-refractivity contribution in [1.29, 1.82) is 0 Å². The van der Waals surface area contributed by atoms with E-state index in [-0.39, 0.29) is 17.9 Å². The van der Waals surface area contributed by atoms with Gasteiger partial charge in [-0.2, -0.15) is 5.10 Å². The number of benzene rings is 1. The summed E-state index contributed by atoms with van der Waals surface area (Å²) in [7, 11) is 0. The van der Waals surface area contributed by atoms with Crippen molar-refractivity contribution in [2.45, 2.75) is 57.9 Å². The molecular formula is C22H25N3O3. The molecule has 6 heteroatoms. The summed E-state index contributed by atoms with van der Waals surface area (Å²) in [6.07, 6.45) is 6.79. The normalized spacial score (nSPS) is 18.1. The number of hydrogen-bond donors (Lipinski definition) is 2. The van der Waals surface area contributed by atoms with Gasteiger partial charge in [0.1, 0.15) is 5.76 Å². The maximum atomic E-state index is 12.7. The summed E-state index contributed by atoms with van der Waals surface area (Å²) >= 11 is 0. The molecule has 0 spiro atoms. The van der Waals surface area contributed by atoms with Gasteiger partial charge in [0.25, 0.3) is 11.8 Å². The van der Waals surface area contributed by atoms with Crippen molar-refractivity contribution in [3.05, 3.63) is 58.5 Å². The van der Waals surface area contributed by atoms with Crippen LogP contribution in [-0.4, -0.2) is 23.6 Å². The van der Waals surface area contributed by atoms with Gasteiger partial charge in [-0.1, -0.05) is 31.0 Å². The van der Waals surface area contributed by atoms with Crippen molar-refractivity contribution >= 4 is 17.5 Å². The Bertz CT molecular complexity index is 909. The first kappa shape index (κ1) is 18.5. The first-order valence-electron chi connectivity index (χ1n) is 9.99. The molecule has 146 valence electrons. The van der Waals surface area contributed by atoms with Gasteiger partial charge < -0.3 is 9.73 Å². The summed E-state index contributed by atoms with van der Waals surface area (Å²) < 4.78 is 5.93. The van der Waals surface area contributed by atoms with Gasteiger partial charge in [-0.25, -0.2) is 5.43 Å². The molecule has 2 amide bonds. The molecule has 0 aliphatic heterocycles. The molecule has 0 unspecified atom stereocenters. The SMILES string of the molecule is Cc1c(C(=O)NC2CCCC2)oc2c1/C(=N/NC(=O)c1ccccc1)CCC2. The fourth-order valence-electron chi connectivity index (χ4n) is 4.09. The van der Waals surface area contributed by atoms with Crippen LogP contribution in [0.4, 0.5) is 0 Å². The van der Waals surface area contributed by atoms with Crippen LogP contribution in [0.2, 0.25) is 0 Å². The molecule has 2 aromatic rings. The lowest BCUT2D eigenvalue weighted by molar-refractivity contribution is 0.0906. The highest BCUT2D eigenvalue weighted by molar-refractivity contribution is 6.07. The van der Waals surface area contributed by atoms with Crippen molar-refractivity contribution in [2.24, 2.45) is 5.10 Å². The second kappa shape index (κ2) is 8.00. The first-order chi connectivity index (χ1) is 13.6. The number of amides is 2. The highest BCUT2D eigenvalue weighted by Crippen LogP contribution is 2.30. The molecule has 6 nitrogen and oxygen atoms in total. The van der Waals surface area contributed by atoms with Gasteiger partial charge in [0.15, 0.2) is 5.76 Å². The number of carbonyl (C=O) groups excluding carboxylic acids is 2. The van der Waals surface area contributed by atoms with Crippen molar-refractivity contribution in [2.75, 3.05) is 0 Å². The number of hydrazone groups is 1. The minimum Gasteiger partial charge on any atom is -0.455 e. The molecular weight excluding hydrogens is 354 g/mol. The van der Waals surface area contributed by atoms with E-state index in [1.54, 1.807) is 12.1 Å². The summed E-state index contributed by atoms with van der Waals surface area (Å²) in [6.45, 7) is 1.89. The van der Waals surface area contributed by atoms with Crippen LogP contribution in [0.15, 0.2) is 39.9 Å². The van der Waals surface area contributed by atoms with E-state index < -0.39 is 0 Å². The average Bonchev–Trinajstić information content (AvgIpc) is 3.35. The monoisotopic (exact) mass is 379 g/mol. The standard InChI is InChI=1S/C22H25N3O3/c1-14-19-17(24-25-21(26)15-8-3-2-4-9-15)12-7-13-18(19)28-20(14)22(27)23-16-10-5-6-11-16/h2-4,8-9,16H,5-7,10-13H2,1H3,(H,23,27)(H,25,26)/b24-17+. The zero-order valence-corrected chi connectivity index (χ0v) is 16.1. The predicted molar refractivity (Wildman–Crippen MR) is 107 cm³/mol. The van der Waals surface area contributed by atoms with Gasteiger partial charge in [-0.3, -0.25) is 9.59 Å². The third kappa shape index (κ3) is 3.72. The number of hydrogen-bond acceptors (Lipinski definition) is 4. The Labute approximate surface area is 164 Å². The minimum atomic E-state index is -0.249. The second-order valence-corrected chi connectivity index (χ2v) is 7.53. The number of nitrogens with zero attached hydrogens (tertiary/aromatic N) is 1. The number of furan rings is 1. The fourth-order valence-corrected chi connectivity index (χ4v) is 4.09. The van der Waals surface area contributed by atoms with Gasteiger partial charge in [-0.15, -0.1) is 0 Å². The second-order valence-electron chi connectivity index (χ2n) is 7.53. The fraction of sp³-hybridized carbons (Fsp3) is 0.409. The van der Waals surface area contributed by atoms with E-state index in [4.69, 9.17) is 4.42 Å². The van der Waals surface area contributed by atoms with E-state index in [0.29, 0.717) is 11.3 Å². The third-order valence-electron chi connectivity index (χ3n) is 5.55. The number of aryl methyl sites for hydroxylation is 1. The Morgan fingerprint density at radius 2 is 1.79 bits per heavy atom. The maximum Gasteiger partial charge on any atom is 0.287 e. The van der Waals surface area contributed by atoms with Crippen molar-refractivity contribution in [3.63, 3.8) is 0 Å². The van der Waals surface area contributed by atoms with Gasteiger partial charge in [0, 0.05) is 29.2 Å². The zero-order valence-electron chi connectivity index (χ0n) is 16.1. The molecule has 1 aromatic carbocycles. The molecule has 2 aliphatic carbocycles. The van der Waals surface area contributed by atoms with Crippen LogP contribution in [-0.2, 0) is 6.42 Å². The molecule has 4 rings (SSSR count). The van der Waals surface area contributed by atoms with Crippen LogP contribution in [0.5, 0.6) is 0 Å². The number of fused-ring (bicyclic) bond motifs is 1. The summed E-state index contributed by atoms with van der Waals surface area (Å²) in [4.78, 5) is 25.0. The predicted octanol–water partition coefficient (Wildman–Crippen LogP) is 3.73. The van der Waals surface area contributed by atoms with Gasteiger partial charge >= 0.3 is 0 Å². The maximum absolute atomic E-state index is 12.7. The number of rotatable bonds is 4. The summed E-state index contributed by atoms with van der Waals surface area (Å²) in [5.74, 6) is 0.765. The molecule has 28 heavy (non-hydrogen) atoms. The molecule has 1 aromatic heterocycles. The molecule has 1 fully saturated rings. The molecule has 2 aliphatic rings. The minimum absolute atomic E-state index is 0.147. The number of nitrogens with one attached hydrogen (secondary N) is 2. The summed E-state index contributed by atoms with van der Waals surface area (Å²) in [5.41, 5.74) is 5.64. The van der Waals surface area contributed by atoms with Crippen LogP contribution < -0.4 is 10.7 Å². The van der Waals surface area contributed by atoms with E-state index >= 15 is 0 Å². The van der Waals surface area contributed by atoms with E-state index in [2.05, 4.69) is 15.8 Å². The lowest BCUT2D eigenvalue weighted by Gasteiger charge is -2.13. The van der Waals surface area contributed by atoms with Crippen LogP contribution in [0.1, 0.15) is 76.3 Å². The van der Waals surface area contributed by atoms with Crippen LogP contribution in [0, 0.1) is 6.92 Å². The Balaban J connectivity index is 1.54. The van der Waals surface area contributed by atoms with E-state index in [0.717, 1.165) is 67.5 Å². The molecule has 0 atom stereocenters. The molecule has 0 bridgehead atoms. The molecule has 0 radical (unpaired) electrons. The summed E-state index contributed by atoms with van der Waals surface area (Å²) in [6, 6.07) is 9.23. The van der Waals surface area contributed by atoms with E-state index in [9.17, 15) is 9.59 Å². The van der Waals surface area contributed by atoms with Crippen molar-refractivity contribution in [1.82, 2.24) is 10.7 Å². The Kier molecular flexibility index (Phi) is 5.28. The largest absolute Gasteiger partial charge is 0.455 e. The first-order valence-corrected chi connectivity index (χ1v) is 9.99. The van der Waals surface area contributed by atoms with E-state index in [1.807, 2.05) is 25.1 Å². The zero-order chi connectivity index (χ0) is 19.5.